The molecule has 3 N–H and O–H groups in total. The molecule has 0 saturated carbocycles. The number of nitrogens with one attached hydrogen (secondary N) is 2. The smallest absolute Gasteiger partial charge is 0.249 e. The van der Waals surface area contributed by atoms with Crippen molar-refractivity contribution in [2.75, 3.05) is 5.32 Å². The molecule has 5 heterocycles. The number of oxazole rings is 2. The van der Waals surface area contributed by atoms with Crippen molar-refractivity contribution in [2.24, 2.45) is 17.8 Å². The van der Waals surface area contributed by atoms with Gasteiger partial charge >= 0.3 is 0 Å². The minimum Gasteiger partial charge on any atom is -0.469 e. The van der Waals surface area contributed by atoms with E-state index in [1.54, 1.807) is 13.8 Å². The zero-order chi connectivity index (χ0) is 32.5. The molecular weight excluding hydrogens is 588 g/mol. The molecule has 5 atom stereocenters. The van der Waals surface area contributed by atoms with Gasteiger partial charge in [0.25, 0.3) is 0 Å². The summed E-state index contributed by atoms with van der Waals surface area (Å²) in [4.78, 5) is 48.7. The summed E-state index contributed by atoms with van der Waals surface area (Å²) in [6.07, 6.45) is -0.367. The van der Waals surface area contributed by atoms with E-state index in [0.717, 1.165) is 22.4 Å². The van der Waals surface area contributed by atoms with Crippen molar-refractivity contribution in [3.63, 3.8) is 0 Å². The molecule has 3 aliphatic heterocycles. The second-order valence-corrected chi connectivity index (χ2v) is 13.1. The van der Waals surface area contributed by atoms with Crippen LogP contribution in [0.25, 0.3) is 11.6 Å². The van der Waals surface area contributed by atoms with Crippen molar-refractivity contribution in [2.45, 2.75) is 71.2 Å². The second-order valence-electron chi connectivity index (χ2n) is 13.1. The maximum atomic E-state index is 14.0. The molecule has 0 aliphatic carbocycles. The first kappa shape index (κ1) is 29.9. The van der Waals surface area contributed by atoms with Gasteiger partial charge in [-0.25, -0.2) is 9.97 Å². The fourth-order valence-corrected chi connectivity index (χ4v) is 6.84. The number of carbonyl (C=O) groups excluding carboxylic acids is 3. The highest BCUT2D eigenvalue weighted by Gasteiger charge is 2.61. The molecule has 0 saturated heterocycles. The van der Waals surface area contributed by atoms with E-state index in [0.29, 0.717) is 17.2 Å². The van der Waals surface area contributed by atoms with Crippen LogP contribution in [0.15, 0.2) is 57.6 Å². The van der Waals surface area contributed by atoms with E-state index in [1.807, 2.05) is 56.3 Å². The molecule has 7 rings (SSSR count). The minimum atomic E-state index is -1.17. The van der Waals surface area contributed by atoms with Gasteiger partial charge in [0.1, 0.15) is 35.3 Å². The Morgan fingerprint density at radius 2 is 1.85 bits per heavy atom. The van der Waals surface area contributed by atoms with Gasteiger partial charge in [0.2, 0.25) is 17.7 Å². The van der Waals surface area contributed by atoms with Crippen molar-refractivity contribution in [1.82, 2.24) is 15.3 Å². The lowest BCUT2D eigenvalue weighted by atomic mass is 9.72. The van der Waals surface area contributed by atoms with E-state index in [1.165, 1.54) is 13.2 Å². The normalized spacial score (nSPS) is 23.5. The molecule has 1 amide bonds. The number of nitrogens with zero attached hydrogens (tertiary/aromatic N) is 2. The summed E-state index contributed by atoms with van der Waals surface area (Å²) in [7, 11) is 0. The minimum absolute atomic E-state index is 0.104. The van der Waals surface area contributed by atoms with Crippen LogP contribution in [0.2, 0.25) is 0 Å². The highest BCUT2D eigenvalue weighted by Crippen LogP contribution is 2.59. The van der Waals surface area contributed by atoms with Gasteiger partial charge in [-0.15, -0.1) is 0 Å². The second kappa shape index (κ2) is 10.9. The monoisotopic (exact) mass is 624 g/mol. The number of hydrogen-bond acceptors (Lipinski definition) is 10. The third-order valence-electron chi connectivity index (χ3n) is 9.31. The van der Waals surface area contributed by atoms with E-state index in [4.69, 9.17) is 18.6 Å². The Kier molecular flexibility index (Phi) is 7.11. The molecule has 0 fully saturated rings. The number of amides is 1. The van der Waals surface area contributed by atoms with E-state index in [9.17, 15) is 19.5 Å². The summed E-state index contributed by atoms with van der Waals surface area (Å²) in [5.74, 6) is -0.842. The van der Waals surface area contributed by atoms with Crippen LogP contribution in [-0.4, -0.2) is 44.9 Å². The number of carbonyl (C=O) groups is 3. The van der Waals surface area contributed by atoms with Crippen molar-refractivity contribution < 1.29 is 33.1 Å². The molecule has 4 aromatic rings. The predicted molar refractivity (Wildman–Crippen MR) is 166 cm³/mol. The average Bonchev–Trinajstić information content (AvgIpc) is 3.79. The third kappa shape index (κ3) is 4.55. The fourth-order valence-electron chi connectivity index (χ4n) is 6.84. The van der Waals surface area contributed by atoms with E-state index in [-0.39, 0.29) is 59.6 Å². The Bertz CT molecular complexity index is 1870. The number of benzene rings is 2. The van der Waals surface area contributed by atoms with Crippen LogP contribution < -0.4 is 15.4 Å². The summed E-state index contributed by atoms with van der Waals surface area (Å²) in [5.41, 5.74) is 2.76. The van der Waals surface area contributed by atoms with Crippen molar-refractivity contribution in [3.05, 3.63) is 82.8 Å². The summed E-state index contributed by atoms with van der Waals surface area (Å²) in [6.45, 7) is 8.83. The number of aromatic nitrogens is 2. The standard InChI is InChI=1S/C35H36N4O7/c1-16(2)27-33-39-28(32-36-24(15-44-32)18(5)40)30(46-33)35-21-8-6-7-9-23(21)37-34(35)45-26-11-10-19(13-22(26)35)12-20(31(43)38-27)14-25(41)29(42)17(3)4/h6-11,13,15-17,20,27,29,34,37,42H,12,14H2,1-5H3,(H,38,43)/t20?,27-,29-,34-,35?/m0/s1. The number of aliphatic hydroxyl groups is 1. The number of rotatable bonds is 7. The van der Waals surface area contributed by atoms with Gasteiger partial charge < -0.3 is 29.3 Å². The van der Waals surface area contributed by atoms with Gasteiger partial charge in [-0.05, 0) is 41.5 Å². The topological polar surface area (TPSA) is 157 Å². The molecular formula is C35H36N4O7. The molecule has 0 radical (unpaired) electrons. The van der Waals surface area contributed by atoms with Crippen LogP contribution in [0, 0.1) is 17.8 Å². The van der Waals surface area contributed by atoms with Crippen molar-refractivity contribution in [1.29, 1.82) is 0 Å². The molecule has 11 heteroatoms. The molecule has 238 valence electrons. The third-order valence-corrected chi connectivity index (χ3v) is 9.31. The van der Waals surface area contributed by atoms with Crippen LogP contribution in [0.5, 0.6) is 5.75 Å². The van der Waals surface area contributed by atoms with Gasteiger partial charge in [0, 0.05) is 30.5 Å². The largest absolute Gasteiger partial charge is 0.469 e. The number of Topliss-reactive ketones (excluding diaryl/α,β-unsaturated/α-hetero) is 2. The van der Waals surface area contributed by atoms with Gasteiger partial charge in [0.05, 0.1) is 0 Å². The predicted octanol–water partition coefficient (Wildman–Crippen LogP) is 4.97. The molecule has 3 aliphatic rings. The Hall–Kier alpha value is -4.77. The summed E-state index contributed by atoms with van der Waals surface area (Å²) in [5, 5.41) is 17.2. The lowest BCUT2D eigenvalue weighted by Crippen LogP contribution is -2.41. The Morgan fingerprint density at radius 3 is 2.57 bits per heavy atom. The lowest BCUT2D eigenvalue weighted by Gasteiger charge is -2.28. The van der Waals surface area contributed by atoms with Crippen molar-refractivity contribution >= 4 is 23.2 Å². The number of hydrogen-bond donors (Lipinski definition) is 3. The number of ether oxygens (including phenoxy) is 1. The van der Waals surface area contributed by atoms with Crippen LogP contribution in [-0.2, 0) is 21.4 Å². The maximum Gasteiger partial charge on any atom is 0.249 e. The first-order valence-electron chi connectivity index (χ1n) is 15.6. The first-order chi connectivity index (χ1) is 22.0. The lowest BCUT2D eigenvalue weighted by molar-refractivity contribution is -0.135. The average molecular weight is 625 g/mol. The number of fused-ring (bicyclic) bond motifs is 4. The summed E-state index contributed by atoms with van der Waals surface area (Å²) < 4.78 is 19.2. The first-order valence-corrected chi connectivity index (χ1v) is 15.6. The molecule has 2 unspecified atom stereocenters. The number of para-hydroxylation sites is 1. The summed E-state index contributed by atoms with van der Waals surface area (Å²) in [6, 6.07) is 12.9. The molecule has 2 aromatic heterocycles. The Labute approximate surface area is 265 Å². The molecule has 4 bridgehead atoms. The Balaban J connectivity index is 1.48. The number of aliphatic hydroxyl groups excluding tert-OH is 1. The zero-order valence-electron chi connectivity index (χ0n) is 26.3. The number of anilines is 1. The van der Waals surface area contributed by atoms with Crippen LogP contribution in [0.1, 0.15) is 85.9 Å². The molecule has 46 heavy (non-hydrogen) atoms. The van der Waals surface area contributed by atoms with Gasteiger partial charge in [-0.1, -0.05) is 58.0 Å². The van der Waals surface area contributed by atoms with Crippen LogP contribution in [0.4, 0.5) is 5.69 Å². The summed E-state index contributed by atoms with van der Waals surface area (Å²) >= 11 is 0. The molecule has 2 aromatic carbocycles. The van der Waals surface area contributed by atoms with Crippen LogP contribution in [0.3, 0.4) is 0 Å². The highest BCUT2D eigenvalue weighted by atomic mass is 16.5. The Morgan fingerprint density at radius 1 is 1.07 bits per heavy atom. The van der Waals surface area contributed by atoms with E-state index >= 15 is 0 Å². The highest BCUT2D eigenvalue weighted by molar-refractivity contribution is 5.92. The zero-order valence-corrected chi connectivity index (χ0v) is 26.3. The van der Waals surface area contributed by atoms with E-state index < -0.39 is 29.7 Å². The maximum absolute atomic E-state index is 14.0. The quantitative estimate of drug-likeness (QED) is 0.240. The van der Waals surface area contributed by atoms with Gasteiger partial charge in [-0.2, -0.15) is 0 Å². The van der Waals surface area contributed by atoms with Crippen LogP contribution >= 0.6 is 0 Å². The number of ketones is 2. The fraction of sp³-hybridized carbons (Fsp3) is 0.400. The molecule has 1 spiro atoms. The van der Waals surface area contributed by atoms with E-state index in [2.05, 4.69) is 15.6 Å². The molecule has 11 nitrogen and oxygen atoms in total. The SMILES string of the molecule is CC(=O)c1coc(-c2nc3oc2C24c5ccccc5N[C@H]2Oc2ccc(cc24)CC(CC(=O)[C@@H](O)C(C)C)C(=O)N[C@H]3C(C)C)n1. The van der Waals surface area contributed by atoms with Crippen molar-refractivity contribution in [3.8, 4) is 17.3 Å². The van der Waals surface area contributed by atoms with Gasteiger partial charge in [-0.3, -0.25) is 14.4 Å². The van der Waals surface area contributed by atoms with Gasteiger partial charge in [0.15, 0.2) is 29.2 Å².